The topological polar surface area (TPSA) is 129 Å². The van der Waals surface area contributed by atoms with Gasteiger partial charge in [0, 0.05) is 36.0 Å². The highest BCUT2D eigenvalue weighted by molar-refractivity contribution is 5.97. The maximum atomic E-state index is 14.1. The van der Waals surface area contributed by atoms with Crippen LogP contribution in [-0.4, -0.2) is 53.6 Å². The van der Waals surface area contributed by atoms with Gasteiger partial charge in [-0.25, -0.2) is 19.4 Å². The smallest absolute Gasteiger partial charge is 0.255 e. The molecule has 2 amide bonds. The highest BCUT2D eigenvalue weighted by Crippen LogP contribution is 2.37. The molecule has 3 aliphatic rings. The lowest BCUT2D eigenvalue weighted by Gasteiger charge is -2.31. The zero-order valence-electron chi connectivity index (χ0n) is 18.7. The number of fused-ring (bicyclic) bond motifs is 1. The Bertz CT molecular complexity index is 1160. The molecule has 1 saturated heterocycles. The summed E-state index contributed by atoms with van der Waals surface area (Å²) in [6, 6.07) is 1.22. The van der Waals surface area contributed by atoms with Crippen molar-refractivity contribution in [1.82, 2.24) is 15.3 Å². The Morgan fingerprint density at radius 2 is 2.00 bits per heavy atom. The number of hydrogen-bond donors (Lipinski definition) is 2. The highest BCUT2D eigenvalue weighted by Gasteiger charge is 2.43. The number of nitrogens with zero attached hydrogens (tertiary/aromatic N) is 3. The Balaban J connectivity index is 1.63. The van der Waals surface area contributed by atoms with Crippen molar-refractivity contribution in [3.8, 4) is 11.8 Å². The molecule has 0 radical (unpaired) electrons. The van der Waals surface area contributed by atoms with E-state index in [1.165, 1.54) is 7.11 Å². The number of carbonyl (C=O) groups is 2. The van der Waals surface area contributed by atoms with Crippen LogP contribution >= 0.6 is 0 Å². The van der Waals surface area contributed by atoms with Crippen molar-refractivity contribution in [2.45, 2.75) is 25.6 Å². The number of amides is 2. The first kappa shape index (κ1) is 23.2. The van der Waals surface area contributed by atoms with Crippen LogP contribution in [-0.2, 0) is 19.1 Å². The molecule has 1 fully saturated rings. The Hall–Kier alpha value is -4.00. The third kappa shape index (κ3) is 4.55. The van der Waals surface area contributed by atoms with Crippen LogP contribution in [0.2, 0.25) is 0 Å². The van der Waals surface area contributed by atoms with Crippen LogP contribution in [0.25, 0.3) is 0 Å². The van der Waals surface area contributed by atoms with E-state index < -0.39 is 41.8 Å². The predicted octanol–water partition coefficient (Wildman–Crippen LogP) is 1.19. The molecule has 0 saturated carbocycles. The second-order valence-electron chi connectivity index (χ2n) is 8.01. The lowest BCUT2D eigenvalue weighted by molar-refractivity contribution is -0.124. The summed E-state index contributed by atoms with van der Waals surface area (Å²) < 4.78 is 25.5. The van der Waals surface area contributed by atoms with E-state index in [0.29, 0.717) is 29.5 Å². The second kappa shape index (κ2) is 9.87. The maximum Gasteiger partial charge on any atom is 0.255 e. The molecule has 0 bridgehead atoms. The molecule has 2 unspecified atom stereocenters. The molecule has 1 aromatic heterocycles. The number of allylic oxidation sites excluding steroid dienone is 2. The molecule has 2 aliphatic heterocycles. The normalized spacial score (nSPS) is 27.6. The van der Waals surface area contributed by atoms with E-state index in [1.54, 1.807) is 36.8 Å². The van der Waals surface area contributed by atoms with Crippen LogP contribution in [0.4, 0.5) is 4.39 Å². The average molecular weight is 465 g/mol. The van der Waals surface area contributed by atoms with Gasteiger partial charge in [0.15, 0.2) is 12.1 Å². The summed E-state index contributed by atoms with van der Waals surface area (Å²) >= 11 is 0. The van der Waals surface area contributed by atoms with Crippen LogP contribution in [0.1, 0.15) is 19.2 Å². The zero-order chi connectivity index (χ0) is 24.2. The van der Waals surface area contributed by atoms with Crippen LogP contribution < -0.4 is 11.1 Å². The summed E-state index contributed by atoms with van der Waals surface area (Å²) in [5.41, 5.74) is 6.39. The third-order valence-corrected chi connectivity index (χ3v) is 6.03. The van der Waals surface area contributed by atoms with Crippen LogP contribution in [0.15, 0.2) is 58.7 Å². The molecular formula is C24H24FN5O4. The summed E-state index contributed by atoms with van der Waals surface area (Å²) in [6.07, 6.45) is 7.05. The van der Waals surface area contributed by atoms with E-state index in [4.69, 9.17) is 15.2 Å². The van der Waals surface area contributed by atoms with Gasteiger partial charge in [0.1, 0.15) is 12.4 Å². The predicted molar refractivity (Wildman–Crippen MR) is 120 cm³/mol. The number of nitrogens with two attached hydrogens (primary N) is 1. The zero-order valence-corrected chi connectivity index (χ0v) is 18.7. The third-order valence-electron chi connectivity index (χ3n) is 6.03. The van der Waals surface area contributed by atoms with E-state index in [2.05, 4.69) is 32.1 Å². The largest absolute Gasteiger partial charge is 0.496 e. The number of carbonyl (C=O) groups excluding carboxylic acids is 2. The van der Waals surface area contributed by atoms with E-state index in [0.717, 1.165) is 0 Å². The first-order chi connectivity index (χ1) is 16.4. The number of alkyl halides is 1. The van der Waals surface area contributed by atoms with Crippen molar-refractivity contribution in [1.29, 1.82) is 0 Å². The number of methoxy groups -OCH3 is 1. The Morgan fingerprint density at radius 3 is 2.68 bits per heavy atom. The van der Waals surface area contributed by atoms with Crippen molar-refractivity contribution in [3.05, 3.63) is 59.5 Å². The minimum atomic E-state index is -1.56. The fraction of sp³-hybridized carbons (Fsp3) is 0.375. The van der Waals surface area contributed by atoms with Crippen molar-refractivity contribution in [3.63, 3.8) is 0 Å². The number of rotatable bonds is 5. The van der Waals surface area contributed by atoms with Crippen molar-refractivity contribution in [2.24, 2.45) is 28.5 Å². The molecule has 5 atom stereocenters. The molecule has 176 valence electrons. The lowest BCUT2D eigenvalue weighted by Crippen LogP contribution is -2.38. The molecule has 0 aromatic carbocycles. The quantitative estimate of drug-likeness (QED) is 0.629. The molecule has 4 rings (SSSR count). The Morgan fingerprint density at radius 1 is 1.24 bits per heavy atom. The van der Waals surface area contributed by atoms with Gasteiger partial charge in [0.2, 0.25) is 5.82 Å². The first-order valence-corrected chi connectivity index (χ1v) is 10.8. The fourth-order valence-electron chi connectivity index (χ4n) is 4.26. The molecule has 1 aliphatic carbocycles. The van der Waals surface area contributed by atoms with Gasteiger partial charge in [-0.05, 0) is 24.5 Å². The summed E-state index contributed by atoms with van der Waals surface area (Å²) in [5, 5.41) is 2.65. The summed E-state index contributed by atoms with van der Waals surface area (Å²) in [4.78, 5) is 36.4. The monoisotopic (exact) mass is 465 g/mol. The summed E-state index contributed by atoms with van der Waals surface area (Å²) in [7, 11) is 1.44. The highest BCUT2D eigenvalue weighted by atomic mass is 19.1. The van der Waals surface area contributed by atoms with Crippen LogP contribution in [0.3, 0.4) is 0 Å². The fourth-order valence-corrected chi connectivity index (χ4v) is 4.26. The van der Waals surface area contributed by atoms with E-state index >= 15 is 0 Å². The van der Waals surface area contributed by atoms with Crippen molar-refractivity contribution in [2.75, 3.05) is 13.7 Å². The van der Waals surface area contributed by atoms with Crippen LogP contribution in [0.5, 0.6) is 0 Å². The number of primary amides is 1. The molecule has 0 spiro atoms. The SMILES string of the molecule is CC[C@@H]1[C@H](F)C(=O)N[C@@H]1COC1=NC=C(C#Cc2ncccn2)C2C=C(C(N)=O)C(OC)=CC12. The molecule has 3 heterocycles. The van der Waals surface area contributed by atoms with Crippen molar-refractivity contribution < 1.29 is 23.5 Å². The number of ether oxygens (including phenoxy) is 2. The summed E-state index contributed by atoms with van der Waals surface area (Å²) in [5.74, 6) is 4.32. The summed E-state index contributed by atoms with van der Waals surface area (Å²) in [6.45, 7) is 1.88. The number of halogens is 1. The van der Waals surface area contributed by atoms with E-state index in [1.807, 2.05) is 6.92 Å². The van der Waals surface area contributed by atoms with Gasteiger partial charge in [-0.3, -0.25) is 9.59 Å². The number of aliphatic imine (C=N–C) groups is 1. The van der Waals surface area contributed by atoms with Gasteiger partial charge in [0.05, 0.1) is 24.6 Å². The van der Waals surface area contributed by atoms with E-state index in [-0.39, 0.29) is 12.2 Å². The Kier molecular flexibility index (Phi) is 6.72. The maximum absolute atomic E-state index is 14.1. The number of hydrogen-bond acceptors (Lipinski definition) is 7. The first-order valence-electron chi connectivity index (χ1n) is 10.8. The van der Waals surface area contributed by atoms with E-state index in [9.17, 15) is 14.0 Å². The minimum Gasteiger partial charge on any atom is -0.496 e. The number of nitrogens with one attached hydrogen (secondary N) is 1. The average Bonchev–Trinajstić information content (AvgIpc) is 3.13. The molecule has 1 aromatic rings. The van der Waals surface area contributed by atoms with Gasteiger partial charge in [-0.15, -0.1) is 0 Å². The van der Waals surface area contributed by atoms with Crippen LogP contribution in [0, 0.1) is 29.6 Å². The van der Waals surface area contributed by atoms with Gasteiger partial charge >= 0.3 is 0 Å². The standard InChI is InChI=1S/C24H24FN5O4/c1-3-14-18(30-23(32)21(14)25)12-34-24-16-10-19(33-2)17(22(26)31)9-15(16)13(11-29-24)5-6-20-27-7-4-8-28-20/h4,7-11,14-16,18,21H,3,12H2,1-2H3,(H2,26,31)(H,30,32)/t14-,15?,16?,18+,21-/m0/s1. The number of aromatic nitrogens is 2. The van der Waals surface area contributed by atoms with Gasteiger partial charge in [0.25, 0.3) is 11.8 Å². The molecule has 34 heavy (non-hydrogen) atoms. The Labute approximate surface area is 196 Å². The molecule has 9 nitrogen and oxygen atoms in total. The van der Waals surface area contributed by atoms with Gasteiger partial charge < -0.3 is 20.5 Å². The van der Waals surface area contributed by atoms with Gasteiger partial charge in [-0.1, -0.05) is 18.9 Å². The molecular weight excluding hydrogens is 441 g/mol. The molecule has 3 N–H and O–H groups in total. The van der Waals surface area contributed by atoms with Gasteiger partial charge in [-0.2, -0.15) is 0 Å². The lowest BCUT2D eigenvalue weighted by atomic mass is 9.78. The molecule has 10 heteroatoms. The minimum absolute atomic E-state index is 0.0575. The van der Waals surface area contributed by atoms with Crippen molar-refractivity contribution >= 4 is 17.7 Å². The second-order valence-corrected chi connectivity index (χ2v) is 8.01.